The predicted molar refractivity (Wildman–Crippen MR) is 77.9 cm³/mol. The summed E-state index contributed by atoms with van der Waals surface area (Å²) in [5.41, 5.74) is 7.08. The summed E-state index contributed by atoms with van der Waals surface area (Å²) in [5.74, 6) is 0.0539. The summed E-state index contributed by atoms with van der Waals surface area (Å²) in [4.78, 5) is 13.9. The smallest absolute Gasteiger partial charge is 0.239 e. The van der Waals surface area contributed by atoms with Crippen LogP contribution in [0.1, 0.15) is 25.8 Å². The topological polar surface area (TPSA) is 46.3 Å². The van der Waals surface area contributed by atoms with E-state index in [0.717, 1.165) is 25.1 Å². The zero-order valence-electron chi connectivity index (χ0n) is 11.1. The molecule has 0 spiro atoms. The molecule has 3 nitrogen and oxygen atoms in total. The van der Waals surface area contributed by atoms with Gasteiger partial charge in [0.2, 0.25) is 5.91 Å². The van der Waals surface area contributed by atoms with E-state index in [1.807, 2.05) is 42.2 Å². The Labute approximate surface area is 116 Å². The van der Waals surface area contributed by atoms with Crippen LogP contribution in [-0.2, 0) is 11.2 Å². The number of hydrogen-bond acceptors (Lipinski definition) is 2. The van der Waals surface area contributed by atoms with Crippen LogP contribution in [0.5, 0.6) is 0 Å². The van der Waals surface area contributed by atoms with Gasteiger partial charge in [0.25, 0.3) is 0 Å². The maximum Gasteiger partial charge on any atom is 0.239 e. The van der Waals surface area contributed by atoms with Crippen molar-refractivity contribution >= 4 is 18.3 Å². The van der Waals surface area contributed by atoms with Gasteiger partial charge in [-0.1, -0.05) is 37.3 Å². The number of carbonyl (C=O) groups is 1. The minimum atomic E-state index is -0.427. The van der Waals surface area contributed by atoms with Crippen molar-refractivity contribution in [3.05, 3.63) is 35.9 Å². The molecular weight excluding hydrogens is 248 g/mol. The van der Waals surface area contributed by atoms with Gasteiger partial charge < -0.3 is 10.6 Å². The molecule has 0 aliphatic rings. The number of nitrogens with zero attached hydrogens (tertiary/aromatic N) is 1. The number of likely N-dealkylation sites (N-methyl/N-ethyl adjacent to an activating group) is 1. The minimum absolute atomic E-state index is 0. The lowest BCUT2D eigenvalue weighted by Crippen LogP contribution is -2.45. The van der Waals surface area contributed by atoms with Crippen LogP contribution in [0.25, 0.3) is 0 Å². The molecule has 18 heavy (non-hydrogen) atoms. The average molecular weight is 271 g/mol. The molecule has 0 aliphatic carbocycles. The van der Waals surface area contributed by atoms with Gasteiger partial charge in [-0.25, -0.2) is 0 Å². The maximum atomic E-state index is 12.1. The lowest BCUT2D eigenvalue weighted by atomic mass is 10.1. The molecule has 1 rings (SSSR count). The molecule has 0 saturated carbocycles. The molecule has 1 aromatic carbocycles. The van der Waals surface area contributed by atoms with Gasteiger partial charge in [-0.2, -0.15) is 0 Å². The van der Waals surface area contributed by atoms with Crippen LogP contribution >= 0.6 is 12.4 Å². The number of halogens is 1. The minimum Gasteiger partial charge on any atom is -0.342 e. The second-order valence-electron chi connectivity index (χ2n) is 4.21. The molecule has 1 atom stereocenters. The Hall–Kier alpha value is -1.06. The lowest BCUT2D eigenvalue weighted by molar-refractivity contribution is -0.132. The van der Waals surface area contributed by atoms with Crippen LogP contribution in [0, 0.1) is 0 Å². The van der Waals surface area contributed by atoms with Crippen LogP contribution in [0.2, 0.25) is 0 Å². The summed E-state index contributed by atoms with van der Waals surface area (Å²) in [6, 6.07) is 9.48. The van der Waals surface area contributed by atoms with Crippen LogP contribution < -0.4 is 5.73 Å². The zero-order valence-corrected chi connectivity index (χ0v) is 12.0. The quantitative estimate of drug-likeness (QED) is 0.862. The number of rotatable bonds is 6. The summed E-state index contributed by atoms with van der Waals surface area (Å²) >= 11 is 0. The van der Waals surface area contributed by atoms with Crippen LogP contribution in [0.15, 0.2) is 30.3 Å². The first-order valence-corrected chi connectivity index (χ1v) is 6.27. The van der Waals surface area contributed by atoms with Crippen molar-refractivity contribution in [3.63, 3.8) is 0 Å². The van der Waals surface area contributed by atoms with Crippen LogP contribution in [-0.4, -0.2) is 29.9 Å². The molecule has 1 aromatic rings. The maximum absolute atomic E-state index is 12.1. The van der Waals surface area contributed by atoms with Gasteiger partial charge in [-0.05, 0) is 25.3 Å². The summed E-state index contributed by atoms with van der Waals surface area (Å²) in [6.07, 6.45) is 1.58. The van der Waals surface area contributed by atoms with Crippen molar-refractivity contribution in [2.24, 2.45) is 5.73 Å². The van der Waals surface area contributed by atoms with Crippen molar-refractivity contribution in [1.29, 1.82) is 0 Å². The summed E-state index contributed by atoms with van der Waals surface area (Å²) in [6.45, 7) is 5.58. The number of carbonyl (C=O) groups excluding carboxylic acids is 1. The van der Waals surface area contributed by atoms with Crippen molar-refractivity contribution < 1.29 is 4.79 Å². The predicted octanol–water partition coefficient (Wildman–Crippen LogP) is 2.24. The van der Waals surface area contributed by atoms with Gasteiger partial charge in [0.1, 0.15) is 0 Å². The molecule has 0 saturated heterocycles. The summed E-state index contributed by atoms with van der Waals surface area (Å²) < 4.78 is 0. The summed E-state index contributed by atoms with van der Waals surface area (Å²) in [5, 5.41) is 0. The third-order valence-corrected chi connectivity index (χ3v) is 2.80. The Kier molecular flexibility index (Phi) is 8.42. The number of nitrogens with two attached hydrogens (primary N) is 1. The SMILES string of the molecule is CCCN(CC)C(=O)[C@@H](N)Cc1ccccc1.Cl. The highest BCUT2D eigenvalue weighted by atomic mass is 35.5. The molecule has 0 aromatic heterocycles. The van der Waals surface area contributed by atoms with Gasteiger partial charge in [0, 0.05) is 13.1 Å². The first-order valence-electron chi connectivity index (χ1n) is 6.27. The lowest BCUT2D eigenvalue weighted by Gasteiger charge is -2.23. The van der Waals surface area contributed by atoms with Gasteiger partial charge in [-0.15, -0.1) is 12.4 Å². The molecule has 102 valence electrons. The Balaban J connectivity index is 0.00000289. The largest absolute Gasteiger partial charge is 0.342 e. The first-order chi connectivity index (χ1) is 8.19. The molecule has 1 amide bonds. The number of amides is 1. The molecule has 2 N–H and O–H groups in total. The highest BCUT2D eigenvalue weighted by Crippen LogP contribution is 2.04. The molecule has 0 aliphatic heterocycles. The molecular formula is C14H23ClN2O. The summed E-state index contributed by atoms with van der Waals surface area (Å²) in [7, 11) is 0. The molecule has 4 heteroatoms. The van der Waals surface area contributed by atoms with Gasteiger partial charge >= 0.3 is 0 Å². The molecule has 0 unspecified atom stereocenters. The fourth-order valence-corrected chi connectivity index (χ4v) is 1.88. The fourth-order valence-electron chi connectivity index (χ4n) is 1.88. The average Bonchev–Trinajstić information content (AvgIpc) is 2.36. The zero-order chi connectivity index (χ0) is 12.7. The standard InChI is InChI=1S/C14H22N2O.ClH/c1-3-10-16(4-2)14(17)13(15)11-12-8-6-5-7-9-12;/h5-9,13H,3-4,10-11,15H2,1-2H3;1H/t13-;/m0./s1. The van der Waals surface area contributed by atoms with Gasteiger partial charge in [0.05, 0.1) is 6.04 Å². The molecule has 0 radical (unpaired) electrons. The number of benzene rings is 1. The van der Waals surface area contributed by atoms with Gasteiger partial charge in [-0.3, -0.25) is 4.79 Å². The van der Waals surface area contributed by atoms with Crippen molar-refractivity contribution in [2.75, 3.05) is 13.1 Å². The van der Waals surface area contributed by atoms with E-state index in [1.165, 1.54) is 0 Å². The Morgan fingerprint density at radius 2 is 1.89 bits per heavy atom. The second-order valence-corrected chi connectivity index (χ2v) is 4.21. The van der Waals surface area contributed by atoms with Crippen LogP contribution in [0.4, 0.5) is 0 Å². The third kappa shape index (κ3) is 5.07. The van der Waals surface area contributed by atoms with E-state index in [1.54, 1.807) is 0 Å². The highest BCUT2D eigenvalue weighted by Gasteiger charge is 2.19. The van der Waals surface area contributed by atoms with E-state index < -0.39 is 6.04 Å². The van der Waals surface area contributed by atoms with Crippen molar-refractivity contribution in [3.8, 4) is 0 Å². The van der Waals surface area contributed by atoms with E-state index in [2.05, 4.69) is 6.92 Å². The van der Waals surface area contributed by atoms with Crippen molar-refractivity contribution in [1.82, 2.24) is 4.90 Å². The van der Waals surface area contributed by atoms with E-state index in [4.69, 9.17) is 5.73 Å². The third-order valence-electron chi connectivity index (χ3n) is 2.80. The van der Waals surface area contributed by atoms with Gasteiger partial charge in [0.15, 0.2) is 0 Å². The molecule has 0 heterocycles. The Bertz CT molecular complexity index is 343. The van der Waals surface area contributed by atoms with E-state index in [0.29, 0.717) is 6.42 Å². The molecule has 0 bridgehead atoms. The highest BCUT2D eigenvalue weighted by molar-refractivity contribution is 5.85. The van der Waals surface area contributed by atoms with E-state index in [9.17, 15) is 4.79 Å². The molecule has 0 fully saturated rings. The first kappa shape index (κ1) is 16.9. The monoisotopic (exact) mass is 270 g/mol. The second kappa shape index (κ2) is 8.95. The Morgan fingerprint density at radius 3 is 2.39 bits per heavy atom. The number of hydrogen-bond donors (Lipinski definition) is 1. The van der Waals surface area contributed by atoms with Crippen molar-refractivity contribution in [2.45, 2.75) is 32.7 Å². The Morgan fingerprint density at radius 1 is 1.28 bits per heavy atom. The van der Waals surface area contributed by atoms with Crippen LogP contribution in [0.3, 0.4) is 0 Å². The fraction of sp³-hybridized carbons (Fsp3) is 0.500. The van der Waals surface area contributed by atoms with E-state index >= 15 is 0 Å². The normalized spacial score (nSPS) is 11.5. The van der Waals surface area contributed by atoms with E-state index in [-0.39, 0.29) is 18.3 Å².